The third-order valence-corrected chi connectivity index (χ3v) is 1.17. The Bertz CT molecular complexity index is 255. The highest BCUT2D eigenvalue weighted by molar-refractivity contribution is 5.91. The minimum Gasteiger partial charge on any atom is -0.351 e. The van der Waals surface area contributed by atoms with Gasteiger partial charge in [0.05, 0.1) is 6.20 Å². The summed E-state index contributed by atoms with van der Waals surface area (Å²) >= 11 is 0. The molecular formula is C6H10N4O. The van der Waals surface area contributed by atoms with E-state index in [0.29, 0.717) is 12.2 Å². The van der Waals surface area contributed by atoms with E-state index in [0.717, 1.165) is 0 Å². The number of amides is 1. The molecular weight excluding hydrogens is 144 g/mol. The Kier molecular flexibility index (Phi) is 2.20. The van der Waals surface area contributed by atoms with Crippen LogP contribution >= 0.6 is 0 Å². The van der Waals surface area contributed by atoms with Gasteiger partial charge >= 0.3 is 0 Å². The maximum Gasteiger partial charge on any atom is 0.273 e. The molecule has 11 heavy (non-hydrogen) atoms. The fourth-order valence-electron chi connectivity index (χ4n) is 0.701. The lowest BCUT2D eigenvalue weighted by molar-refractivity contribution is 0.0950. The molecule has 0 saturated carbocycles. The van der Waals surface area contributed by atoms with Crippen LogP contribution in [0, 0.1) is 0 Å². The number of hydrogen-bond donors (Lipinski definition) is 1. The maximum absolute atomic E-state index is 11.0. The summed E-state index contributed by atoms with van der Waals surface area (Å²) in [7, 11) is 1.67. The van der Waals surface area contributed by atoms with E-state index in [-0.39, 0.29) is 5.91 Å². The number of carbonyl (C=O) groups excluding carboxylic acids is 1. The number of aryl methyl sites for hydroxylation is 1. The molecule has 1 rings (SSSR count). The molecule has 0 atom stereocenters. The van der Waals surface area contributed by atoms with Gasteiger partial charge in [-0.05, 0) is 6.92 Å². The van der Waals surface area contributed by atoms with E-state index in [2.05, 4.69) is 15.5 Å². The summed E-state index contributed by atoms with van der Waals surface area (Å²) in [6.07, 6.45) is 1.44. The molecule has 0 unspecified atom stereocenters. The second kappa shape index (κ2) is 3.14. The molecule has 0 aliphatic heterocycles. The summed E-state index contributed by atoms with van der Waals surface area (Å²) in [5.74, 6) is -0.180. The first-order valence-electron chi connectivity index (χ1n) is 3.38. The molecule has 0 fully saturated rings. The summed E-state index contributed by atoms with van der Waals surface area (Å²) in [5, 5.41) is 10.2. The van der Waals surface area contributed by atoms with E-state index < -0.39 is 0 Å². The SMILES string of the molecule is CCNC(=O)c1cnn(C)n1. The van der Waals surface area contributed by atoms with Gasteiger partial charge in [-0.25, -0.2) is 0 Å². The van der Waals surface area contributed by atoms with Crippen LogP contribution < -0.4 is 5.32 Å². The van der Waals surface area contributed by atoms with Crippen molar-refractivity contribution in [1.29, 1.82) is 0 Å². The van der Waals surface area contributed by atoms with Gasteiger partial charge in [-0.3, -0.25) is 4.79 Å². The van der Waals surface area contributed by atoms with Crippen LogP contribution in [-0.2, 0) is 7.05 Å². The molecule has 0 aliphatic rings. The van der Waals surface area contributed by atoms with Crippen LogP contribution in [0.1, 0.15) is 17.4 Å². The number of hydrogen-bond acceptors (Lipinski definition) is 3. The highest BCUT2D eigenvalue weighted by Crippen LogP contribution is 1.88. The molecule has 5 nitrogen and oxygen atoms in total. The first kappa shape index (κ1) is 7.71. The highest BCUT2D eigenvalue weighted by atomic mass is 16.2. The summed E-state index contributed by atoms with van der Waals surface area (Å²) in [6.45, 7) is 2.46. The van der Waals surface area contributed by atoms with Gasteiger partial charge in [0.25, 0.3) is 5.91 Å². The van der Waals surface area contributed by atoms with Crippen LogP contribution in [0.2, 0.25) is 0 Å². The molecule has 5 heteroatoms. The third-order valence-electron chi connectivity index (χ3n) is 1.17. The molecule has 1 heterocycles. The van der Waals surface area contributed by atoms with Crippen LogP contribution in [0.15, 0.2) is 6.20 Å². The van der Waals surface area contributed by atoms with Crippen molar-refractivity contribution in [3.8, 4) is 0 Å². The number of nitrogens with zero attached hydrogens (tertiary/aromatic N) is 3. The first-order valence-corrected chi connectivity index (χ1v) is 3.38. The second-order valence-electron chi connectivity index (χ2n) is 2.08. The zero-order chi connectivity index (χ0) is 8.27. The summed E-state index contributed by atoms with van der Waals surface area (Å²) in [5.41, 5.74) is 0.356. The van der Waals surface area contributed by atoms with E-state index in [4.69, 9.17) is 0 Å². The molecule has 0 spiro atoms. The second-order valence-corrected chi connectivity index (χ2v) is 2.08. The highest BCUT2D eigenvalue weighted by Gasteiger charge is 2.06. The maximum atomic E-state index is 11.0. The molecule has 1 amide bonds. The van der Waals surface area contributed by atoms with E-state index in [9.17, 15) is 4.79 Å². The Balaban J connectivity index is 2.69. The quantitative estimate of drug-likeness (QED) is 0.628. The van der Waals surface area contributed by atoms with Crippen molar-refractivity contribution in [2.24, 2.45) is 7.05 Å². The van der Waals surface area contributed by atoms with Gasteiger partial charge in [0, 0.05) is 13.6 Å². The van der Waals surface area contributed by atoms with Crippen LogP contribution in [0.25, 0.3) is 0 Å². The van der Waals surface area contributed by atoms with E-state index >= 15 is 0 Å². The Labute approximate surface area is 64.4 Å². The van der Waals surface area contributed by atoms with Crippen molar-refractivity contribution in [3.05, 3.63) is 11.9 Å². The molecule has 0 aliphatic carbocycles. The van der Waals surface area contributed by atoms with Gasteiger partial charge in [0.2, 0.25) is 0 Å². The van der Waals surface area contributed by atoms with Gasteiger partial charge in [0.1, 0.15) is 0 Å². The van der Waals surface area contributed by atoms with Crippen LogP contribution in [-0.4, -0.2) is 27.4 Å². The predicted octanol–water partition coefficient (Wildman–Crippen LogP) is -0.435. The molecule has 1 N–H and O–H groups in total. The third kappa shape index (κ3) is 1.76. The number of nitrogens with one attached hydrogen (secondary N) is 1. The Hall–Kier alpha value is -1.39. The molecule has 1 aromatic heterocycles. The van der Waals surface area contributed by atoms with Gasteiger partial charge < -0.3 is 5.32 Å². The van der Waals surface area contributed by atoms with Crippen molar-refractivity contribution in [2.45, 2.75) is 6.92 Å². The lowest BCUT2D eigenvalue weighted by Gasteiger charge is -1.94. The zero-order valence-corrected chi connectivity index (χ0v) is 6.53. The van der Waals surface area contributed by atoms with Gasteiger partial charge in [0.15, 0.2) is 5.69 Å². The van der Waals surface area contributed by atoms with Crippen molar-refractivity contribution in [2.75, 3.05) is 6.54 Å². The monoisotopic (exact) mass is 154 g/mol. The normalized spacial score (nSPS) is 9.64. The number of carbonyl (C=O) groups is 1. The van der Waals surface area contributed by atoms with Crippen LogP contribution in [0.4, 0.5) is 0 Å². The molecule has 0 bridgehead atoms. The van der Waals surface area contributed by atoms with Crippen LogP contribution in [0.3, 0.4) is 0 Å². The van der Waals surface area contributed by atoms with E-state index in [1.807, 2.05) is 6.92 Å². The molecule has 0 aromatic carbocycles. The summed E-state index contributed by atoms with van der Waals surface area (Å²) < 4.78 is 0. The minimum absolute atomic E-state index is 0.180. The molecule has 60 valence electrons. The molecule has 0 radical (unpaired) electrons. The zero-order valence-electron chi connectivity index (χ0n) is 6.53. The molecule has 0 saturated heterocycles. The Morgan fingerprint density at radius 1 is 1.82 bits per heavy atom. The number of aromatic nitrogens is 3. The Morgan fingerprint density at radius 2 is 2.55 bits per heavy atom. The summed E-state index contributed by atoms with van der Waals surface area (Å²) in [4.78, 5) is 12.4. The smallest absolute Gasteiger partial charge is 0.273 e. The number of rotatable bonds is 2. The minimum atomic E-state index is -0.180. The summed E-state index contributed by atoms with van der Waals surface area (Å²) in [6, 6.07) is 0. The van der Waals surface area contributed by atoms with E-state index in [1.54, 1.807) is 7.05 Å². The van der Waals surface area contributed by atoms with Gasteiger partial charge in [-0.1, -0.05) is 0 Å². The average molecular weight is 154 g/mol. The lowest BCUT2D eigenvalue weighted by Crippen LogP contribution is -2.23. The van der Waals surface area contributed by atoms with Crippen molar-refractivity contribution in [1.82, 2.24) is 20.3 Å². The largest absolute Gasteiger partial charge is 0.351 e. The molecule has 1 aromatic rings. The fraction of sp³-hybridized carbons (Fsp3) is 0.500. The van der Waals surface area contributed by atoms with Crippen molar-refractivity contribution in [3.63, 3.8) is 0 Å². The fourth-order valence-corrected chi connectivity index (χ4v) is 0.701. The predicted molar refractivity (Wildman–Crippen MR) is 39.0 cm³/mol. The van der Waals surface area contributed by atoms with Gasteiger partial charge in [-0.15, -0.1) is 5.10 Å². The van der Waals surface area contributed by atoms with Gasteiger partial charge in [-0.2, -0.15) is 9.90 Å². The standard InChI is InChI=1S/C6H10N4O/c1-3-7-6(11)5-4-8-10(2)9-5/h4H,3H2,1-2H3,(H,7,11). The van der Waals surface area contributed by atoms with Crippen molar-refractivity contribution >= 4 is 5.91 Å². The Morgan fingerprint density at radius 3 is 3.00 bits per heavy atom. The first-order chi connectivity index (χ1) is 5.24. The topological polar surface area (TPSA) is 59.8 Å². The average Bonchev–Trinajstić information content (AvgIpc) is 2.36. The van der Waals surface area contributed by atoms with E-state index in [1.165, 1.54) is 11.0 Å². The van der Waals surface area contributed by atoms with Crippen molar-refractivity contribution < 1.29 is 4.79 Å². The van der Waals surface area contributed by atoms with Crippen LogP contribution in [0.5, 0.6) is 0 Å². The lowest BCUT2D eigenvalue weighted by atomic mass is 10.4.